The Kier molecular flexibility index (Phi) is 3.54. The van der Waals surface area contributed by atoms with E-state index in [1.165, 1.54) is 9.08 Å². The van der Waals surface area contributed by atoms with Crippen molar-refractivity contribution in [1.29, 1.82) is 0 Å². The fourth-order valence-electron chi connectivity index (χ4n) is 2.14. The number of aromatic nitrogens is 3. The van der Waals surface area contributed by atoms with Crippen LogP contribution in [0.5, 0.6) is 0 Å². The summed E-state index contributed by atoms with van der Waals surface area (Å²) in [5.74, 6) is 5.80. The minimum absolute atomic E-state index is 0.149. The van der Waals surface area contributed by atoms with Crippen LogP contribution in [0.25, 0.3) is 5.65 Å². The van der Waals surface area contributed by atoms with Gasteiger partial charge in [0.1, 0.15) is 0 Å². The maximum atomic E-state index is 12.2. The molecule has 0 aliphatic heterocycles. The molecule has 0 saturated heterocycles. The largest absolute Gasteiger partial charge is 0.350 e. The SMILES string of the molecule is NCC#Cc1cccc(Cn2nc3ccccn3c2=O)c1. The van der Waals surface area contributed by atoms with Crippen LogP contribution in [-0.2, 0) is 6.54 Å². The molecule has 0 saturated carbocycles. The first kappa shape index (κ1) is 13.2. The van der Waals surface area contributed by atoms with E-state index in [0.717, 1.165) is 11.1 Å². The molecule has 3 aromatic rings. The Balaban J connectivity index is 1.95. The summed E-state index contributed by atoms with van der Waals surface area (Å²) in [6, 6.07) is 13.2. The second-order valence-electron chi connectivity index (χ2n) is 4.58. The Hall–Kier alpha value is -2.84. The van der Waals surface area contributed by atoms with E-state index in [0.29, 0.717) is 18.7 Å². The van der Waals surface area contributed by atoms with E-state index < -0.39 is 0 Å². The standard InChI is InChI=1S/C16H14N4O/c17-9-4-7-13-5-3-6-14(11-13)12-20-16(21)19-10-2-1-8-15(19)18-20/h1-3,5-6,8,10-11H,9,12,17H2. The van der Waals surface area contributed by atoms with E-state index in [2.05, 4.69) is 16.9 Å². The summed E-state index contributed by atoms with van der Waals surface area (Å²) in [6.45, 7) is 0.745. The van der Waals surface area contributed by atoms with Gasteiger partial charge in [0.15, 0.2) is 5.65 Å². The predicted molar refractivity (Wildman–Crippen MR) is 80.9 cm³/mol. The molecule has 2 aromatic heterocycles. The van der Waals surface area contributed by atoms with Gasteiger partial charge in [0, 0.05) is 11.8 Å². The molecule has 3 rings (SSSR count). The normalized spacial score (nSPS) is 10.3. The quantitative estimate of drug-likeness (QED) is 0.707. The zero-order valence-corrected chi connectivity index (χ0v) is 11.4. The fraction of sp³-hybridized carbons (Fsp3) is 0.125. The lowest BCUT2D eigenvalue weighted by Gasteiger charge is -2.00. The molecule has 0 aliphatic carbocycles. The summed E-state index contributed by atoms with van der Waals surface area (Å²) >= 11 is 0. The van der Waals surface area contributed by atoms with Crippen molar-refractivity contribution < 1.29 is 0 Å². The lowest BCUT2D eigenvalue weighted by molar-refractivity contribution is 0.658. The summed E-state index contributed by atoms with van der Waals surface area (Å²) in [6.07, 6.45) is 1.71. The van der Waals surface area contributed by atoms with Crippen LogP contribution in [0, 0.1) is 11.8 Å². The maximum absolute atomic E-state index is 12.2. The van der Waals surface area contributed by atoms with E-state index in [-0.39, 0.29) is 5.69 Å². The van der Waals surface area contributed by atoms with Crippen molar-refractivity contribution in [3.05, 3.63) is 70.3 Å². The van der Waals surface area contributed by atoms with Crippen LogP contribution in [0.3, 0.4) is 0 Å². The minimum atomic E-state index is -0.149. The van der Waals surface area contributed by atoms with Crippen molar-refractivity contribution >= 4 is 5.65 Å². The van der Waals surface area contributed by atoms with Crippen molar-refractivity contribution in [3.8, 4) is 11.8 Å². The van der Waals surface area contributed by atoms with Gasteiger partial charge in [-0.15, -0.1) is 5.10 Å². The number of nitrogens with two attached hydrogens (primary N) is 1. The van der Waals surface area contributed by atoms with E-state index in [1.807, 2.05) is 36.4 Å². The van der Waals surface area contributed by atoms with E-state index in [4.69, 9.17) is 5.73 Å². The topological polar surface area (TPSA) is 65.3 Å². The van der Waals surface area contributed by atoms with Crippen molar-refractivity contribution in [1.82, 2.24) is 14.2 Å². The molecule has 0 unspecified atom stereocenters. The summed E-state index contributed by atoms with van der Waals surface area (Å²) in [4.78, 5) is 12.2. The zero-order chi connectivity index (χ0) is 14.7. The van der Waals surface area contributed by atoms with Crippen LogP contribution in [0.2, 0.25) is 0 Å². The molecule has 0 amide bonds. The van der Waals surface area contributed by atoms with Gasteiger partial charge < -0.3 is 5.73 Å². The minimum Gasteiger partial charge on any atom is -0.320 e. The Morgan fingerprint density at radius 3 is 2.90 bits per heavy atom. The van der Waals surface area contributed by atoms with E-state index >= 15 is 0 Å². The fourth-order valence-corrected chi connectivity index (χ4v) is 2.14. The monoisotopic (exact) mass is 278 g/mol. The van der Waals surface area contributed by atoms with Gasteiger partial charge in [-0.25, -0.2) is 9.48 Å². The number of hydrogen-bond donors (Lipinski definition) is 1. The summed E-state index contributed by atoms with van der Waals surface area (Å²) in [5.41, 5.74) is 7.72. The van der Waals surface area contributed by atoms with E-state index in [1.54, 1.807) is 12.3 Å². The Morgan fingerprint density at radius 1 is 1.19 bits per heavy atom. The summed E-state index contributed by atoms with van der Waals surface area (Å²) < 4.78 is 2.98. The maximum Gasteiger partial charge on any atom is 0.350 e. The van der Waals surface area contributed by atoms with Gasteiger partial charge in [0.2, 0.25) is 0 Å². The molecule has 2 heterocycles. The first-order chi connectivity index (χ1) is 10.3. The Labute approximate surface area is 121 Å². The molecule has 0 bridgehead atoms. The number of pyridine rings is 1. The molecule has 21 heavy (non-hydrogen) atoms. The molecule has 0 aliphatic rings. The lowest BCUT2D eigenvalue weighted by atomic mass is 10.1. The van der Waals surface area contributed by atoms with Gasteiger partial charge in [-0.1, -0.05) is 30.0 Å². The van der Waals surface area contributed by atoms with Crippen LogP contribution in [0.1, 0.15) is 11.1 Å². The van der Waals surface area contributed by atoms with Crippen LogP contribution in [-0.4, -0.2) is 20.7 Å². The number of fused-ring (bicyclic) bond motifs is 1. The molecule has 0 radical (unpaired) electrons. The molecular formula is C16H14N4O. The highest BCUT2D eigenvalue weighted by Gasteiger charge is 2.06. The summed E-state index contributed by atoms with van der Waals surface area (Å²) in [5, 5.41) is 4.31. The highest BCUT2D eigenvalue weighted by molar-refractivity contribution is 5.38. The first-order valence-electron chi connectivity index (χ1n) is 6.60. The Bertz CT molecular complexity index is 896. The van der Waals surface area contributed by atoms with Gasteiger partial charge in [0.25, 0.3) is 0 Å². The third kappa shape index (κ3) is 2.71. The number of rotatable bonds is 2. The highest BCUT2D eigenvalue weighted by atomic mass is 16.2. The smallest absolute Gasteiger partial charge is 0.320 e. The highest BCUT2D eigenvalue weighted by Crippen LogP contribution is 2.06. The van der Waals surface area contributed by atoms with Crippen LogP contribution in [0.15, 0.2) is 53.5 Å². The van der Waals surface area contributed by atoms with Crippen molar-refractivity contribution in [2.45, 2.75) is 6.54 Å². The molecule has 0 spiro atoms. The van der Waals surface area contributed by atoms with Gasteiger partial charge in [-0.2, -0.15) is 0 Å². The molecule has 1 aromatic carbocycles. The third-order valence-corrected chi connectivity index (χ3v) is 3.08. The summed E-state index contributed by atoms with van der Waals surface area (Å²) in [7, 11) is 0. The zero-order valence-electron chi connectivity index (χ0n) is 11.4. The van der Waals surface area contributed by atoms with Crippen LogP contribution < -0.4 is 11.4 Å². The van der Waals surface area contributed by atoms with E-state index in [9.17, 15) is 4.79 Å². The molecule has 5 heteroatoms. The van der Waals surface area contributed by atoms with Crippen molar-refractivity contribution in [3.63, 3.8) is 0 Å². The molecule has 0 atom stereocenters. The van der Waals surface area contributed by atoms with Crippen molar-refractivity contribution in [2.75, 3.05) is 6.54 Å². The third-order valence-electron chi connectivity index (χ3n) is 3.08. The van der Waals surface area contributed by atoms with Crippen molar-refractivity contribution in [2.24, 2.45) is 5.73 Å². The van der Waals surface area contributed by atoms with Crippen LogP contribution >= 0.6 is 0 Å². The molecule has 5 nitrogen and oxygen atoms in total. The van der Waals surface area contributed by atoms with Crippen LogP contribution in [0.4, 0.5) is 0 Å². The average Bonchev–Trinajstić information content (AvgIpc) is 2.82. The van der Waals surface area contributed by atoms with Gasteiger partial charge in [-0.05, 0) is 29.8 Å². The number of hydrogen-bond acceptors (Lipinski definition) is 3. The molecule has 0 fully saturated rings. The van der Waals surface area contributed by atoms with Gasteiger partial charge in [-0.3, -0.25) is 4.40 Å². The average molecular weight is 278 g/mol. The number of nitrogens with zero attached hydrogens (tertiary/aromatic N) is 3. The second-order valence-corrected chi connectivity index (χ2v) is 4.58. The first-order valence-corrected chi connectivity index (χ1v) is 6.60. The molecular weight excluding hydrogens is 264 g/mol. The van der Waals surface area contributed by atoms with Gasteiger partial charge >= 0.3 is 5.69 Å². The molecule has 104 valence electrons. The predicted octanol–water partition coefficient (Wildman–Crippen LogP) is 0.854. The second kappa shape index (κ2) is 5.65. The lowest BCUT2D eigenvalue weighted by Crippen LogP contribution is -2.21. The number of benzene rings is 1. The van der Waals surface area contributed by atoms with Gasteiger partial charge in [0.05, 0.1) is 13.1 Å². The Morgan fingerprint density at radius 2 is 2.10 bits per heavy atom. The molecule has 2 N–H and O–H groups in total.